The Morgan fingerprint density at radius 1 is 1.00 bits per heavy atom. The van der Waals surface area contributed by atoms with Crippen LogP contribution < -0.4 is 10.6 Å². The number of benzene rings is 1. The van der Waals surface area contributed by atoms with Crippen LogP contribution in [0.5, 0.6) is 0 Å². The molecule has 3 amide bonds. The highest BCUT2D eigenvalue weighted by Gasteiger charge is 2.32. The zero-order valence-electron chi connectivity index (χ0n) is 19.3. The molecular weight excluding hydrogens is 466 g/mol. The maximum atomic E-state index is 12.8. The number of nitrogens with one attached hydrogen (secondary N) is 2. The Balaban J connectivity index is 1.14. The molecule has 1 aromatic carbocycles. The summed E-state index contributed by atoms with van der Waals surface area (Å²) in [5.74, 6) is 0.670. The van der Waals surface area contributed by atoms with E-state index in [1.165, 1.54) is 5.57 Å². The maximum Gasteiger partial charge on any atom is 0.323 e. The van der Waals surface area contributed by atoms with E-state index < -0.39 is 10.6 Å². The third-order valence-corrected chi connectivity index (χ3v) is 8.40. The fourth-order valence-electron chi connectivity index (χ4n) is 4.60. The van der Waals surface area contributed by atoms with Crippen LogP contribution in [-0.2, 0) is 4.79 Å². The van der Waals surface area contributed by atoms with E-state index in [2.05, 4.69) is 21.7 Å². The number of hydrogen-bond acceptors (Lipinski definition) is 5. The molecule has 0 saturated carbocycles. The Morgan fingerprint density at radius 2 is 1.71 bits per heavy atom. The van der Waals surface area contributed by atoms with Gasteiger partial charge in [0.05, 0.1) is 5.69 Å². The second kappa shape index (κ2) is 9.73. The first kappa shape index (κ1) is 23.4. The number of pyridine rings is 1. The average Bonchev–Trinajstić information content (AvgIpc) is 3.32. The van der Waals surface area contributed by atoms with Gasteiger partial charge in [-0.2, -0.15) is 10.6 Å². The zero-order chi connectivity index (χ0) is 24.4. The Labute approximate surface area is 205 Å². The third-order valence-electron chi connectivity index (χ3n) is 6.62. The highest BCUT2D eigenvalue weighted by Crippen LogP contribution is 2.46. The van der Waals surface area contributed by atoms with Crippen molar-refractivity contribution < 1.29 is 18.7 Å². The van der Waals surface area contributed by atoms with Crippen molar-refractivity contribution in [1.82, 2.24) is 14.3 Å². The smallest absolute Gasteiger partial charge is 0.323 e. The van der Waals surface area contributed by atoms with Gasteiger partial charge in [0.25, 0.3) is 0 Å². The van der Waals surface area contributed by atoms with E-state index in [9.17, 15) is 18.7 Å². The molecule has 0 aliphatic carbocycles. The number of carbonyl (C=O) groups excluding carboxylic acids is 2. The summed E-state index contributed by atoms with van der Waals surface area (Å²) in [6.07, 6.45) is 9.27. The van der Waals surface area contributed by atoms with E-state index >= 15 is 0 Å². The molecule has 4 heterocycles. The maximum absolute atomic E-state index is 12.8. The zero-order valence-corrected chi connectivity index (χ0v) is 20.1. The van der Waals surface area contributed by atoms with Gasteiger partial charge in [-0.1, -0.05) is 18.2 Å². The first-order valence-corrected chi connectivity index (χ1v) is 13.6. The lowest BCUT2D eigenvalue weighted by Gasteiger charge is -2.40. The van der Waals surface area contributed by atoms with E-state index in [0.717, 1.165) is 17.6 Å². The van der Waals surface area contributed by atoms with E-state index in [1.807, 2.05) is 45.8 Å². The molecule has 3 aromatic rings. The topological polar surface area (TPSA) is 119 Å². The van der Waals surface area contributed by atoms with Gasteiger partial charge < -0.3 is 19.9 Å². The number of urea groups is 1. The lowest BCUT2D eigenvalue weighted by atomic mass is 9.96. The summed E-state index contributed by atoms with van der Waals surface area (Å²) in [6, 6.07) is 11.0. The minimum Gasteiger partial charge on any atom is -0.338 e. The minimum absolute atomic E-state index is 0.108. The molecule has 10 heteroatoms. The molecule has 2 aliphatic rings. The Hall–Kier alpha value is -3.34. The summed E-state index contributed by atoms with van der Waals surface area (Å²) < 4.78 is 21.4. The third kappa shape index (κ3) is 5.50. The molecule has 0 radical (unpaired) electrons. The molecule has 184 valence electrons. The number of nitrogens with zero attached hydrogens (tertiary/aromatic N) is 3. The van der Waals surface area contributed by atoms with Crippen LogP contribution in [0.2, 0.25) is 0 Å². The first-order chi connectivity index (χ1) is 16.9. The van der Waals surface area contributed by atoms with E-state index in [-0.39, 0.29) is 17.9 Å². The fourth-order valence-corrected chi connectivity index (χ4v) is 6.13. The molecule has 2 aliphatic heterocycles. The number of imidazole rings is 1. The fraction of sp³-hybridized carbons (Fsp3) is 0.320. The molecule has 1 fully saturated rings. The van der Waals surface area contributed by atoms with Crippen LogP contribution in [-0.4, -0.2) is 59.9 Å². The van der Waals surface area contributed by atoms with Gasteiger partial charge in [0.2, 0.25) is 5.91 Å². The standard InChI is InChI=1S/C25H29N5O4S/c31-24(20-9-15-35(33,34)16-10-20)29-12-7-19(8-13-29)18-1-3-21(4-2-18)27-25(32)28-22-5-6-23-26-11-14-30(23)17-22/h1-7,11,14,17,20,33-34H,8-10,12-13,15-16H2,(H2,27,28,32). The number of hydrogen-bond donors (Lipinski definition) is 4. The Bertz CT molecular complexity index is 1260. The van der Waals surface area contributed by atoms with Crippen molar-refractivity contribution in [1.29, 1.82) is 0 Å². The summed E-state index contributed by atoms with van der Waals surface area (Å²) in [6.45, 7) is 1.21. The summed E-state index contributed by atoms with van der Waals surface area (Å²) >= 11 is 0. The minimum atomic E-state index is -2.47. The molecular formula is C25H29N5O4S. The number of fused-ring (bicyclic) bond motifs is 1. The molecule has 5 rings (SSSR count). The Morgan fingerprint density at radius 3 is 2.43 bits per heavy atom. The van der Waals surface area contributed by atoms with Crippen molar-refractivity contribution in [2.24, 2.45) is 5.92 Å². The van der Waals surface area contributed by atoms with Crippen LogP contribution in [0, 0.1) is 5.92 Å². The predicted octanol–water partition coefficient (Wildman–Crippen LogP) is 4.75. The van der Waals surface area contributed by atoms with Gasteiger partial charge in [-0.15, -0.1) is 0 Å². The second-order valence-electron chi connectivity index (χ2n) is 9.02. The number of carbonyl (C=O) groups is 2. The van der Waals surface area contributed by atoms with Crippen molar-refractivity contribution >= 4 is 45.1 Å². The molecule has 0 bridgehead atoms. The number of rotatable bonds is 4. The van der Waals surface area contributed by atoms with Crippen molar-refractivity contribution in [3.8, 4) is 0 Å². The van der Waals surface area contributed by atoms with Crippen LogP contribution in [0.25, 0.3) is 11.2 Å². The van der Waals surface area contributed by atoms with Crippen LogP contribution in [0.4, 0.5) is 16.2 Å². The normalized spacial score (nSPS) is 19.1. The van der Waals surface area contributed by atoms with Crippen molar-refractivity contribution in [3.05, 3.63) is 66.6 Å². The number of anilines is 2. The van der Waals surface area contributed by atoms with Gasteiger partial charge in [0, 0.05) is 54.8 Å². The van der Waals surface area contributed by atoms with Crippen LogP contribution in [0.15, 0.2) is 61.1 Å². The van der Waals surface area contributed by atoms with E-state index in [1.54, 1.807) is 18.5 Å². The summed E-state index contributed by atoms with van der Waals surface area (Å²) in [4.78, 5) is 31.3. The highest BCUT2D eigenvalue weighted by atomic mass is 32.3. The summed E-state index contributed by atoms with van der Waals surface area (Å²) in [5.41, 5.74) is 4.41. The molecule has 4 N–H and O–H groups in total. The van der Waals surface area contributed by atoms with Crippen molar-refractivity contribution in [2.75, 3.05) is 35.2 Å². The van der Waals surface area contributed by atoms with Crippen molar-refractivity contribution in [3.63, 3.8) is 0 Å². The molecule has 0 unspecified atom stereocenters. The SMILES string of the molecule is O=C(Nc1ccc(C2=CCN(C(=O)C3CCS(O)(O)CC3)CC2)cc1)Nc1ccc2nccn2c1. The second-order valence-corrected chi connectivity index (χ2v) is 11.4. The van der Waals surface area contributed by atoms with Crippen LogP contribution >= 0.6 is 10.6 Å². The van der Waals surface area contributed by atoms with Crippen LogP contribution in [0.1, 0.15) is 24.8 Å². The van der Waals surface area contributed by atoms with Gasteiger partial charge >= 0.3 is 6.03 Å². The number of amides is 3. The molecule has 0 atom stereocenters. The van der Waals surface area contributed by atoms with Crippen molar-refractivity contribution in [2.45, 2.75) is 19.3 Å². The van der Waals surface area contributed by atoms with Crippen LogP contribution in [0.3, 0.4) is 0 Å². The Kier molecular flexibility index (Phi) is 6.50. The molecule has 2 aromatic heterocycles. The van der Waals surface area contributed by atoms with E-state index in [4.69, 9.17) is 0 Å². The monoisotopic (exact) mass is 495 g/mol. The predicted molar refractivity (Wildman–Crippen MR) is 139 cm³/mol. The van der Waals surface area contributed by atoms with Gasteiger partial charge in [-0.05, 0) is 54.7 Å². The summed E-state index contributed by atoms with van der Waals surface area (Å²) in [5, 5.41) is 5.67. The number of aromatic nitrogens is 2. The molecule has 1 saturated heterocycles. The lowest BCUT2D eigenvalue weighted by molar-refractivity contribution is -0.135. The largest absolute Gasteiger partial charge is 0.338 e. The lowest BCUT2D eigenvalue weighted by Crippen LogP contribution is -2.41. The molecule has 35 heavy (non-hydrogen) atoms. The average molecular weight is 496 g/mol. The highest BCUT2D eigenvalue weighted by molar-refractivity contribution is 8.24. The van der Waals surface area contributed by atoms with Gasteiger partial charge in [0.15, 0.2) is 0 Å². The van der Waals surface area contributed by atoms with Gasteiger partial charge in [-0.3, -0.25) is 13.9 Å². The molecule has 9 nitrogen and oxygen atoms in total. The summed E-state index contributed by atoms with van der Waals surface area (Å²) in [7, 11) is -2.47. The van der Waals surface area contributed by atoms with Gasteiger partial charge in [-0.25, -0.2) is 9.78 Å². The molecule has 0 spiro atoms. The van der Waals surface area contributed by atoms with Gasteiger partial charge in [0.1, 0.15) is 5.65 Å². The first-order valence-electron chi connectivity index (χ1n) is 11.7. The van der Waals surface area contributed by atoms with E-state index in [0.29, 0.717) is 48.8 Å². The quantitative estimate of drug-likeness (QED) is 0.416.